The topological polar surface area (TPSA) is 94.2 Å². The predicted molar refractivity (Wildman–Crippen MR) is 103 cm³/mol. The summed E-state index contributed by atoms with van der Waals surface area (Å²) in [6, 6.07) is 4.81. The molecule has 8 heteroatoms. The zero-order valence-electron chi connectivity index (χ0n) is 16.3. The van der Waals surface area contributed by atoms with Gasteiger partial charge in [-0.2, -0.15) is 0 Å². The van der Waals surface area contributed by atoms with E-state index in [4.69, 9.17) is 20.6 Å². The number of ether oxygens (including phenoxy) is 3. The third-order valence-electron chi connectivity index (χ3n) is 4.96. The van der Waals surface area contributed by atoms with Gasteiger partial charge in [-0.3, -0.25) is 9.69 Å². The van der Waals surface area contributed by atoms with Gasteiger partial charge in [-0.1, -0.05) is 6.07 Å². The summed E-state index contributed by atoms with van der Waals surface area (Å²) in [7, 11) is 1.33. The Balaban J connectivity index is 1.52. The van der Waals surface area contributed by atoms with Gasteiger partial charge in [0.1, 0.15) is 12.1 Å². The molecule has 0 spiro atoms. The first-order chi connectivity index (χ1) is 14.0. The number of methoxy groups -OCH3 is 1. The van der Waals surface area contributed by atoms with Crippen molar-refractivity contribution in [3.8, 4) is 12.3 Å². The van der Waals surface area contributed by atoms with Crippen LogP contribution in [0.3, 0.4) is 0 Å². The van der Waals surface area contributed by atoms with E-state index in [1.165, 1.54) is 7.11 Å². The SMILES string of the molecule is C#CCCCOC(=O)c1ccc2c(c1)CN(C(=O)OC1CNC(C(=O)OC)C1)C2. The van der Waals surface area contributed by atoms with Gasteiger partial charge < -0.3 is 19.5 Å². The number of rotatable bonds is 6. The Kier molecular flexibility index (Phi) is 6.73. The van der Waals surface area contributed by atoms with Gasteiger partial charge >= 0.3 is 18.0 Å². The third-order valence-corrected chi connectivity index (χ3v) is 4.96. The molecule has 1 fully saturated rings. The molecule has 1 N–H and O–H groups in total. The first-order valence-corrected chi connectivity index (χ1v) is 9.51. The number of nitrogens with one attached hydrogen (secondary N) is 1. The Labute approximate surface area is 169 Å². The van der Waals surface area contributed by atoms with E-state index in [9.17, 15) is 14.4 Å². The lowest BCUT2D eigenvalue weighted by atomic mass is 10.1. The molecular formula is C21H24N2O6. The first-order valence-electron chi connectivity index (χ1n) is 9.51. The van der Waals surface area contributed by atoms with Gasteiger partial charge in [0.2, 0.25) is 0 Å². The molecule has 1 aromatic carbocycles. The summed E-state index contributed by atoms with van der Waals surface area (Å²) in [5.74, 6) is 1.73. The highest BCUT2D eigenvalue weighted by Crippen LogP contribution is 2.25. The van der Waals surface area contributed by atoms with Crippen molar-refractivity contribution in [3.05, 3.63) is 34.9 Å². The Morgan fingerprint density at radius 2 is 2.07 bits per heavy atom. The number of nitrogens with zero attached hydrogens (tertiary/aromatic N) is 1. The average molecular weight is 400 g/mol. The lowest BCUT2D eigenvalue weighted by Gasteiger charge is -2.18. The molecule has 2 unspecified atom stereocenters. The molecule has 2 aliphatic heterocycles. The molecule has 2 atom stereocenters. The number of benzene rings is 1. The minimum absolute atomic E-state index is 0.278. The standard InChI is InChI=1S/C21H24N2O6/c1-3-4-5-8-28-19(24)14-6-7-15-12-23(13-16(15)9-14)21(26)29-17-10-18(22-11-17)20(25)27-2/h1,6-7,9,17-18,22H,4-5,8,10-13H2,2H3. The van der Waals surface area contributed by atoms with Crippen LogP contribution in [0.25, 0.3) is 0 Å². The van der Waals surface area contributed by atoms with E-state index in [2.05, 4.69) is 11.2 Å². The number of esters is 2. The van der Waals surface area contributed by atoms with Gasteiger partial charge in [-0.05, 0) is 29.7 Å². The van der Waals surface area contributed by atoms with Gasteiger partial charge in [-0.25, -0.2) is 9.59 Å². The van der Waals surface area contributed by atoms with Crippen LogP contribution in [0.15, 0.2) is 18.2 Å². The van der Waals surface area contributed by atoms with Crippen molar-refractivity contribution in [2.45, 2.75) is 44.5 Å². The first kappa shape index (κ1) is 20.7. The zero-order valence-corrected chi connectivity index (χ0v) is 16.3. The van der Waals surface area contributed by atoms with Crippen LogP contribution in [-0.2, 0) is 32.1 Å². The Morgan fingerprint density at radius 3 is 2.83 bits per heavy atom. The van der Waals surface area contributed by atoms with Crippen LogP contribution in [-0.4, -0.2) is 55.3 Å². The molecule has 1 aromatic rings. The molecule has 29 heavy (non-hydrogen) atoms. The number of hydrogen-bond donors (Lipinski definition) is 1. The van der Waals surface area contributed by atoms with E-state index in [0.29, 0.717) is 44.5 Å². The molecule has 8 nitrogen and oxygen atoms in total. The minimum atomic E-state index is -0.456. The summed E-state index contributed by atoms with van der Waals surface area (Å²) < 4.78 is 15.4. The number of carbonyl (C=O) groups is 3. The molecule has 0 radical (unpaired) electrons. The average Bonchev–Trinajstić information content (AvgIpc) is 3.36. The number of unbranched alkanes of at least 4 members (excludes halogenated alkanes) is 1. The van der Waals surface area contributed by atoms with E-state index < -0.39 is 18.1 Å². The van der Waals surface area contributed by atoms with Gasteiger partial charge in [0.05, 0.1) is 19.3 Å². The highest BCUT2D eigenvalue weighted by atomic mass is 16.6. The summed E-state index contributed by atoms with van der Waals surface area (Å²) in [6.07, 6.45) is 5.91. The fourth-order valence-electron chi connectivity index (χ4n) is 3.40. The van der Waals surface area contributed by atoms with Crippen LogP contribution in [0.4, 0.5) is 4.79 Å². The van der Waals surface area contributed by atoms with Gasteiger partial charge in [-0.15, -0.1) is 12.3 Å². The van der Waals surface area contributed by atoms with Crippen molar-refractivity contribution >= 4 is 18.0 Å². The maximum Gasteiger partial charge on any atom is 0.410 e. The predicted octanol–water partition coefficient (Wildman–Crippen LogP) is 1.61. The maximum absolute atomic E-state index is 12.5. The molecule has 3 rings (SSSR count). The summed E-state index contributed by atoms with van der Waals surface area (Å²) in [5.41, 5.74) is 2.29. The molecule has 0 aliphatic carbocycles. The van der Waals surface area contributed by atoms with Crippen LogP contribution in [0.1, 0.15) is 40.7 Å². The molecule has 0 saturated carbocycles. The monoisotopic (exact) mass is 400 g/mol. The number of fused-ring (bicyclic) bond motifs is 1. The fourth-order valence-corrected chi connectivity index (χ4v) is 3.40. The second-order valence-corrected chi connectivity index (χ2v) is 7.01. The molecular weight excluding hydrogens is 376 g/mol. The molecule has 2 aliphatic rings. The normalized spacial score (nSPS) is 19.9. The summed E-state index contributed by atoms with van der Waals surface area (Å²) >= 11 is 0. The van der Waals surface area contributed by atoms with E-state index in [1.54, 1.807) is 17.0 Å². The minimum Gasteiger partial charge on any atom is -0.468 e. The third kappa shape index (κ3) is 5.06. The van der Waals surface area contributed by atoms with E-state index in [0.717, 1.165) is 11.1 Å². The lowest BCUT2D eigenvalue weighted by molar-refractivity contribution is -0.142. The number of terminal acetylenes is 1. The lowest BCUT2D eigenvalue weighted by Crippen LogP contribution is -2.31. The second-order valence-electron chi connectivity index (χ2n) is 7.01. The van der Waals surface area contributed by atoms with Gasteiger partial charge in [0.15, 0.2) is 0 Å². The zero-order chi connectivity index (χ0) is 20.8. The molecule has 2 heterocycles. The highest BCUT2D eigenvalue weighted by Gasteiger charge is 2.34. The van der Waals surface area contributed by atoms with E-state index in [-0.39, 0.29) is 18.7 Å². The van der Waals surface area contributed by atoms with Crippen LogP contribution in [0.2, 0.25) is 0 Å². The summed E-state index contributed by atoms with van der Waals surface area (Å²) in [4.78, 5) is 37.8. The van der Waals surface area contributed by atoms with Crippen molar-refractivity contribution < 1.29 is 28.6 Å². The van der Waals surface area contributed by atoms with Crippen LogP contribution >= 0.6 is 0 Å². The van der Waals surface area contributed by atoms with E-state index >= 15 is 0 Å². The summed E-state index contributed by atoms with van der Waals surface area (Å²) in [5, 5.41) is 2.98. The molecule has 1 saturated heterocycles. The second kappa shape index (κ2) is 9.43. The summed E-state index contributed by atoms with van der Waals surface area (Å²) in [6.45, 7) is 1.45. The molecule has 0 aromatic heterocycles. The van der Waals surface area contributed by atoms with Crippen molar-refractivity contribution in [2.24, 2.45) is 0 Å². The van der Waals surface area contributed by atoms with Crippen molar-refractivity contribution in [3.63, 3.8) is 0 Å². The number of hydrogen-bond acceptors (Lipinski definition) is 7. The Hall–Kier alpha value is -3.05. The Morgan fingerprint density at radius 1 is 1.28 bits per heavy atom. The largest absolute Gasteiger partial charge is 0.468 e. The van der Waals surface area contributed by atoms with Gasteiger partial charge in [0.25, 0.3) is 0 Å². The number of carbonyl (C=O) groups excluding carboxylic acids is 3. The Bertz CT molecular complexity index is 831. The van der Waals surface area contributed by atoms with Crippen LogP contribution < -0.4 is 5.32 Å². The van der Waals surface area contributed by atoms with Crippen LogP contribution in [0, 0.1) is 12.3 Å². The van der Waals surface area contributed by atoms with Crippen molar-refractivity contribution in [1.29, 1.82) is 0 Å². The quantitative estimate of drug-likeness (QED) is 0.336. The van der Waals surface area contributed by atoms with Crippen molar-refractivity contribution in [2.75, 3.05) is 20.3 Å². The van der Waals surface area contributed by atoms with Crippen LogP contribution in [0.5, 0.6) is 0 Å². The van der Waals surface area contributed by atoms with E-state index in [1.807, 2.05) is 6.07 Å². The smallest absolute Gasteiger partial charge is 0.410 e. The number of amides is 1. The van der Waals surface area contributed by atoms with Crippen molar-refractivity contribution in [1.82, 2.24) is 10.2 Å². The fraction of sp³-hybridized carbons (Fsp3) is 0.476. The molecule has 154 valence electrons. The molecule has 1 amide bonds. The highest BCUT2D eigenvalue weighted by molar-refractivity contribution is 5.89. The van der Waals surface area contributed by atoms with Gasteiger partial charge in [0, 0.05) is 32.5 Å². The maximum atomic E-state index is 12.5. The molecule has 0 bridgehead atoms.